The summed E-state index contributed by atoms with van der Waals surface area (Å²) in [6.07, 6.45) is 6.87. The van der Waals surface area contributed by atoms with Gasteiger partial charge in [-0.1, -0.05) is 0 Å². The van der Waals surface area contributed by atoms with Crippen LogP contribution in [-0.4, -0.2) is 61.8 Å². The number of anilines is 1. The molecule has 4 rings (SSSR count). The molecule has 1 unspecified atom stereocenters. The summed E-state index contributed by atoms with van der Waals surface area (Å²) in [5.41, 5.74) is 1.59. The Kier molecular flexibility index (Phi) is 7.19. The molecule has 0 aliphatic carbocycles. The molecule has 4 heterocycles. The number of rotatable bonds is 4. The summed E-state index contributed by atoms with van der Waals surface area (Å²) in [4.78, 5) is 14.3. The van der Waals surface area contributed by atoms with Crippen molar-refractivity contribution in [2.75, 3.05) is 50.8 Å². The van der Waals surface area contributed by atoms with E-state index in [2.05, 4.69) is 39.2 Å². The van der Waals surface area contributed by atoms with Crippen LogP contribution in [0.15, 0.2) is 23.3 Å². The van der Waals surface area contributed by atoms with E-state index >= 15 is 0 Å². The molecule has 1 spiro atoms. The van der Waals surface area contributed by atoms with Crippen molar-refractivity contribution in [2.45, 2.75) is 39.2 Å². The number of nitrogens with one attached hydrogen (secondary N) is 1. The van der Waals surface area contributed by atoms with Crippen molar-refractivity contribution in [3.05, 3.63) is 23.9 Å². The molecule has 1 aromatic rings. The Labute approximate surface area is 179 Å². The highest BCUT2D eigenvalue weighted by Crippen LogP contribution is 2.38. The second-order valence-corrected chi connectivity index (χ2v) is 7.86. The molecule has 1 atom stereocenters. The number of pyridine rings is 1. The van der Waals surface area contributed by atoms with Gasteiger partial charge in [0.25, 0.3) is 0 Å². The predicted octanol–water partition coefficient (Wildman–Crippen LogP) is 2.88. The lowest BCUT2D eigenvalue weighted by Gasteiger charge is -2.25. The van der Waals surface area contributed by atoms with Crippen molar-refractivity contribution in [1.29, 1.82) is 0 Å². The number of hydrogen-bond donors (Lipinski definition) is 1. The van der Waals surface area contributed by atoms with Gasteiger partial charge in [0.1, 0.15) is 5.82 Å². The van der Waals surface area contributed by atoms with Crippen LogP contribution >= 0.6 is 24.0 Å². The Hall–Kier alpha value is -1.09. The van der Waals surface area contributed by atoms with Crippen molar-refractivity contribution < 1.29 is 4.74 Å². The molecule has 0 bridgehead atoms. The molecular formula is C20H32IN5O. The van der Waals surface area contributed by atoms with E-state index in [-0.39, 0.29) is 24.0 Å². The molecule has 0 radical (unpaired) electrons. The zero-order valence-corrected chi connectivity index (χ0v) is 18.7. The van der Waals surface area contributed by atoms with Crippen LogP contribution in [-0.2, 0) is 11.3 Å². The van der Waals surface area contributed by atoms with Crippen molar-refractivity contribution in [1.82, 2.24) is 15.2 Å². The van der Waals surface area contributed by atoms with Gasteiger partial charge in [0, 0.05) is 50.9 Å². The van der Waals surface area contributed by atoms with Gasteiger partial charge in [-0.3, -0.25) is 0 Å². The number of nitrogens with zero attached hydrogens (tertiary/aromatic N) is 4. The quantitative estimate of drug-likeness (QED) is 0.404. The van der Waals surface area contributed by atoms with Crippen LogP contribution in [0.3, 0.4) is 0 Å². The minimum absolute atomic E-state index is 0. The molecule has 6 nitrogen and oxygen atoms in total. The Morgan fingerprint density at radius 2 is 2.15 bits per heavy atom. The molecule has 27 heavy (non-hydrogen) atoms. The summed E-state index contributed by atoms with van der Waals surface area (Å²) in [6.45, 7) is 9.95. The predicted molar refractivity (Wildman–Crippen MR) is 120 cm³/mol. The van der Waals surface area contributed by atoms with Crippen LogP contribution < -0.4 is 10.2 Å². The van der Waals surface area contributed by atoms with E-state index in [1.165, 1.54) is 31.2 Å². The minimum atomic E-state index is 0. The van der Waals surface area contributed by atoms with Gasteiger partial charge in [0.15, 0.2) is 5.96 Å². The van der Waals surface area contributed by atoms with E-state index in [1.807, 2.05) is 6.20 Å². The van der Waals surface area contributed by atoms with Crippen LogP contribution in [0.5, 0.6) is 0 Å². The van der Waals surface area contributed by atoms with Gasteiger partial charge < -0.3 is 19.9 Å². The lowest BCUT2D eigenvalue weighted by atomic mass is 9.87. The molecule has 1 N–H and O–H groups in total. The Morgan fingerprint density at radius 3 is 2.89 bits per heavy atom. The Bertz CT molecular complexity index is 641. The zero-order chi connectivity index (χ0) is 17.8. The number of halogens is 1. The van der Waals surface area contributed by atoms with Crippen LogP contribution in [0.4, 0.5) is 5.82 Å². The van der Waals surface area contributed by atoms with Crippen molar-refractivity contribution in [2.24, 2.45) is 10.4 Å². The molecule has 3 saturated heterocycles. The third-order valence-corrected chi connectivity index (χ3v) is 5.91. The lowest BCUT2D eigenvalue weighted by Crippen LogP contribution is -2.41. The maximum absolute atomic E-state index is 5.66. The summed E-state index contributed by atoms with van der Waals surface area (Å²) in [7, 11) is 0. The van der Waals surface area contributed by atoms with Crippen molar-refractivity contribution in [3.63, 3.8) is 0 Å². The minimum Gasteiger partial charge on any atom is -0.381 e. The van der Waals surface area contributed by atoms with Crippen LogP contribution in [0.1, 0.15) is 38.2 Å². The third kappa shape index (κ3) is 4.85. The first-order valence-corrected chi connectivity index (χ1v) is 10.1. The van der Waals surface area contributed by atoms with Gasteiger partial charge in [-0.15, -0.1) is 24.0 Å². The number of ether oxygens (including phenoxy) is 1. The SMILES string of the molecule is CCNC(=NCc1ccnc(N2CCCC2)c1)N1CCC2(CCOC2)C1.I. The lowest BCUT2D eigenvalue weighted by molar-refractivity contribution is 0.156. The molecular weight excluding hydrogens is 453 g/mol. The van der Waals surface area contributed by atoms with Crippen molar-refractivity contribution in [3.8, 4) is 0 Å². The van der Waals surface area contributed by atoms with E-state index in [1.54, 1.807) is 0 Å². The van der Waals surface area contributed by atoms with E-state index < -0.39 is 0 Å². The first-order valence-electron chi connectivity index (χ1n) is 10.1. The summed E-state index contributed by atoms with van der Waals surface area (Å²) in [5.74, 6) is 2.14. The van der Waals surface area contributed by atoms with Crippen LogP contribution in [0, 0.1) is 5.41 Å². The number of aromatic nitrogens is 1. The van der Waals surface area contributed by atoms with Gasteiger partial charge in [0.2, 0.25) is 0 Å². The van der Waals surface area contributed by atoms with E-state index in [0.29, 0.717) is 12.0 Å². The van der Waals surface area contributed by atoms with Crippen LogP contribution in [0.2, 0.25) is 0 Å². The summed E-state index contributed by atoms with van der Waals surface area (Å²) >= 11 is 0. The Balaban J connectivity index is 0.00000210. The fourth-order valence-corrected chi connectivity index (χ4v) is 4.36. The molecule has 3 fully saturated rings. The highest BCUT2D eigenvalue weighted by molar-refractivity contribution is 14.0. The first-order chi connectivity index (χ1) is 12.8. The molecule has 0 amide bonds. The van der Waals surface area contributed by atoms with Gasteiger partial charge in [0.05, 0.1) is 13.2 Å². The fourth-order valence-electron chi connectivity index (χ4n) is 4.36. The Morgan fingerprint density at radius 1 is 1.30 bits per heavy atom. The van der Waals surface area contributed by atoms with Gasteiger partial charge >= 0.3 is 0 Å². The van der Waals surface area contributed by atoms with Gasteiger partial charge in [-0.25, -0.2) is 9.98 Å². The average Bonchev–Trinajstić information content (AvgIpc) is 3.43. The van der Waals surface area contributed by atoms with Crippen LogP contribution in [0.25, 0.3) is 0 Å². The normalized spacial score (nSPS) is 25.3. The van der Waals surface area contributed by atoms with E-state index in [0.717, 1.165) is 57.7 Å². The summed E-state index contributed by atoms with van der Waals surface area (Å²) in [6, 6.07) is 4.29. The standard InChI is InChI=1S/C20H31N5O.HI/c1-2-21-19(25-11-6-20(15-25)7-12-26-16-20)23-14-17-5-8-22-18(13-17)24-9-3-4-10-24;/h5,8,13H,2-4,6-7,9-12,14-16H2,1H3,(H,21,23);1H. The smallest absolute Gasteiger partial charge is 0.194 e. The zero-order valence-electron chi connectivity index (χ0n) is 16.3. The largest absolute Gasteiger partial charge is 0.381 e. The van der Waals surface area contributed by atoms with E-state index in [9.17, 15) is 0 Å². The van der Waals surface area contributed by atoms with Gasteiger partial charge in [-0.2, -0.15) is 0 Å². The number of likely N-dealkylation sites (tertiary alicyclic amines) is 1. The monoisotopic (exact) mass is 485 g/mol. The molecule has 0 saturated carbocycles. The molecule has 3 aliphatic rings. The highest BCUT2D eigenvalue weighted by Gasteiger charge is 2.42. The maximum atomic E-state index is 5.66. The maximum Gasteiger partial charge on any atom is 0.194 e. The summed E-state index contributed by atoms with van der Waals surface area (Å²) < 4.78 is 5.66. The van der Waals surface area contributed by atoms with Crippen molar-refractivity contribution >= 4 is 35.8 Å². The van der Waals surface area contributed by atoms with Gasteiger partial charge in [-0.05, 0) is 50.3 Å². The third-order valence-electron chi connectivity index (χ3n) is 5.91. The molecule has 0 aromatic carbocycles. The molecule has 1 aromatic heterocycles. The second kappa shape index (κ2) is 9.41. The first kappa shape index (κ1) is 20.6. The molecule has 7 heteroatoms. The second-order valence-electron chi connectivity index (χ2n) is 7.86. The topological polar surface area (TPSA) is 53.0 Å². The average molecular weight is 485 g/mol. The number of aliphatic imine (C=N–C) groups is 1. The van der Waals surface area contributed by atoms with E-state index in [4.69, 9.17) is 9.73 Å². The number of guanidine groups is 1. The highest BCUT2D eigenvalue weighted by atomic mass is 127. The summed E-state index contributed by atoms with van der Waals surface area (Å²) in [5, 5.41) is 3.48. The molecule has 150 valence electrons. The molecule has 3 aliphatic heterocycles. The fraction of sp³-hybridized carbons (Fsp3) is 0.700. The number of hydrogen-bond acceptors (Lipinski definition) is 4.